The van der Waals surface area contributed by atoms with Crippen molar-refractivity contribution in [2.75, 3.05) is 26.2 Å². The average Bonchev–Trinajstić information content (AvgIpc) is 2.70. The van der Waals surface area contributed by atoms with Crippen molar-refractivity contribution in [3.05, 3.63) is 29.3 Å². The highest BCUT2D eigenvalue weighted by molar-refractivity contribution is 5.81. The second kappa shape index (κ2) is 9.96. The molecule has 2 aliphatic rings. The van der Waals surface area contributed by atoms with Gasteiger partial charge in [0.05, 0.1) is 0 Å². The summed E-state index contributed by atoms with van der Waals surface area (Å²) in [5.41, 5.74) is 2.84. The standard InChI is InChI=1S/C22H34N2O2/c1-2-21(22(25)23-13-8-16-24-14-6-3-7-15-24)26-20-12-11-18-9-4-5-10-19(18)17-20/h11-12,17,21H,2-10,13-16H2,1H3,(H,23,25)/t21-/m1/s1. The Hall–Kier alpha value is -1.55. The molecule has 26 heavy (non-hydrogen) atoms. The van der Waals surface area contributed by atoms with Gasteiger partial charge in [0.2, 0.25) is 0 Å². The van der Waals surface area contributed by atoms with Crippen LogP contribution in [0.25, 0.3) is 0 Å². The van der Waals surface area contributed by atoms with Crippen LogP contribution in [0.5, 0.6) is 5.75 Å². The van der Waals surface area contributed by atoms with Gasteiger partial charge in [-0.25, -0.2) is 0 Å². The molecule has 1 amide bonds. The number of hydrogen-bond donors (Lipinski definition) is 1. The molecule has 0 spiro atoms. The largest absolute Gasteiger partial charge is 0.481 e. The summed E-state index contributed by atoms with van der Waals surface area (Å²) in [6.45, 7) is 6.26. The monoisotopic (exact) mass is 358 g/mol. The number of likely N-dealkylation sites (tertiary alicyclic amines) is 1. The number of rotatable bonds is 8. The first-order chi connectivity index (χ1) is 12.8. The second-order valence-electron chi connectivity index (χ2n) is 7.70. The number of fused-ring (bicyclic) bond motifs is 1. The van der Waals surface area contributed by atoms with Gasteiger partial charge < -0.3 is 15.0 Å². The molecule has 0 bridgehead atoms. The highest BCUT2D eigenvalue weighted by atomic mass is 16.5. The molecule has 1 aliphatic heterocycles. The lowest BCUT2D eigenvalue weighted by Crippen LogP contribution is -2.39. The summed E-state index contributed by atoms with van der Waals surface area (Å²) >= 11 is 0. The van der Waals surface area contributed by atoms with Crippen LogP contribution in [0, 0.1) is 0 Å². The van der Waals surface area contributed by atoms with Crippen molar-refractivity contribution in [2.24, 2.45) is 0 Å². The molecule has 4 nitrogen and oxygen atoms in total. The summed E-state index contributed by atoms with van der Waals surface area (Å²) in [7, 11) is 0. The number of carbonyl (C=O) groups excluding carboxylic acids is 1. The van der Waals surface area contributed by atoms with Crippen molar-refractivity contribution in [3.8, 4) is 5.75 Å². The van der Waals surface area contributed by atoms with Gasteiger partial charge in [-0.3, -0.25) is 4.79 Å². The minimum atomic E-state index is -0.397. The van der Waals surface area contributed by atoms with Crippen LogP contribution in [0.2, 0.25) is 0 Å². The lowest BCUT2D eigenvalue weighted by atomic mass is 9.92. The van der Waals surface area contributed by atoms with E-state index in [1.165, 1.54) is 62.7 Å². The van der Waals surface area contributed by atoms with E-state index in [0.717, 1.165) is 31.7 Å². The van der Waals surface area contributed by atoms with Crippen LogP contribution in [0.15, 0.2) is 18.2 Å². The van der Waals surface area contributed by atoms with Crippen molar-refractivity contribution in [2.45, 2.75) is 70.8 Å². The molecule has 0 unspecified atom stereocenters. The number of nitrogens with zero attached hydrogens (tertiary/aromatic N) is 1. The maximum absolute atomic E-state index is 12.5. The van der Waals surface area contributed by atoms with Crippen molar-refractivity contribution in [1.82, 2.24) is 10.2 Å². The zero-order chi connectivity index (χ0) is 18.2. The molecule has 4 heteroatoms. The lowest BCUT2D eigenvalue weighted by molar-refractivity contribution is -0.128. The second-order valence-corrected chi connectivity index (χ2v) is 7.70. The smallest absolute Gasteiger partial charge is 0.261 e. The number of piperidine rings is 1. The fourth-order valence-corrected chi connectivity index (χ4v) is 4.08. The normalized spacial score (nSPS) is 18.8. The first-order valence-corrected chi connectivity index (χ1v) is 10.5. The maximum atomic E-state index is 12.5. The third-order valence-electron chi connectivity index (χ3n) is 5.66. The Morgan fingerprint density at radius 3 is 2.65 bits per heavy atom. The molecular weight excluding hydrogens is 324 g/mol. The van der Waals surface area contributed by atoms with E-state index in [-0.39, 0.29) is 5.91 Å². The fourth-order valence-electron chi connectivity index (χ4n) is 4.08. The van der Waals surface area contributed by atoms with E-state index in [1.807, 2.05) is 13.0 Å². The molecular formula is C22H34N2O2. The summed E-state index contributed by atoms with van der Waals surface area (Å²) in [5, 5.41) is 3.07. The topological polar surface area (TPSA) is 41.6 Å². The molecule has 1 heterocycles. The Balaban J connectivity index is 1.43. The van der Waals surface area contributed by atoms with Crippen LogP contribution in [0.4, 0.5) is 0 Å². The van der Waals surface area contributed by atoms with Crippen molar-refractivity contribution in [1.29, 1.82) is 0 Å². The molecule has 144 valence electrons. The summed E-state index contributed by atoms with van der Waals surface area (Å²) in [6, 6.07) is 6.34. The van der Waals surface area contributed by atoms with Crippen LogP contribution in [0.3, 0.4) is 0 Å². The summed E-state index contributed by atoms with van der Waals surface area (Å²) in [5.74, 6) is 0.852. The quantitative estimate of drug-likeness (QED) is 0.720. The van der Waals surface area contributed by atoms with E-state index in [4.69, 9.17) is 4.74 Å². The highest BCUT2D eigenvalue weighted by Crippen LogP contribution is 2.26. The number of carbonyl (C=O) groups is 1. The van der Waals surface area contributed by atoms with Gasteiger partial charge in [-0.1, -0.05) is 19.4 Å². The van der Waals surface area contributed by atoms with E-state index in [2.05, 4.69) is 22.3 Å². The zero-order valence-electron chi connectivity index (χ0n) is 16.3. The first kappa shape index (κ1) is 19.2. The molecule has 1 aromatic rings. The van der Waals surface area contributed by atoms with E-state index in [9.17, 15) is 4.79 Å². The molecule has 0 saturated carbocycles. The number of aryl methyl sites for hydroxylation is 2. The molecule has 3 rings (SSSR count). The number of nitrogens with one attached hydrogen (secondary N) is 1. The zero-order valence-corrected chi connectivity index (χ0v) is 16.3. The van der Waals surface area contributed by atoms with Gasteiger partial charge >= 0.3 is 0 Å². The molecule has 1 saturated heterocycles. The van der Waals surface area contributed by atoms with Crippen molar-refractivity contribution < 1.29 is 9.53 Å². The third kappa shape index (κ3) is 5.47. The van der Waals surface area contributed by atoms with Crippen LogP contribution in [0.1, 0.15) is 63.0 Å². The highest BCUT2D eigenvalue weighted by Gasteiger charge is 2.19. The van der Waals surface area contributed by atoms with Gasteiger partial charge in [0.1, 0.15) is 5.75 Å². The number of ether oxygens (including phenoxy) is 1. The number of amides is 1. The van der Waals surface area contributed by atoms with E-state index in [1.54, 1.807) is 0 Å². The average molecular weight is 359 g/mol. The maximum Gasteiger partial charge on any atom is 0.261 e. The molecule has 1 aliphatic carbocycles. The van der Waals surface area contributed by atoms with Gasteiger partial charge in [0.15, 0.2) is 6.10 Å². The molecule has 0 aromatic heterocycles. The van der Waals surface area contributed by atoms with Gasteiger partial charge in [-0.15, -0.1) is 0 Å². The predicted molar refractivity (Wildman–Crippen MR) is 106 cm³/mol. The minimum absolute atomic E-state index is 0.0175. The van der Waals surface area contributed by atoms with E-state index < -0.39 is 6.10 Å². The van der Waals surface area contributed by atoms with E-state index in [0.29, 0.717) is 6.42 Å². The van der Waals surface area contributed by atoms with Gasteiger partial charge in [0, 0.05) is 6.54 Å². The summed E-state index contributed by atoms with van der Waals surface area (Å²) < 4.78 is 6.02. The number of hydrogen-bond acceptors (Lipinski definition) is 3. The summed E-state index contributed by atoms with van der Waals surface area (Å²) in [4.78, 5) is 15.0. The lowest BCUT2D eigenvalue weighted by Gasteiger charge is -2.26. The molecule has 0 radical (unpaired) electrons. The molecule has 1 fully saturated rings. The molecule has 1 aromatic carbocycles. The Morgan fingerprint density at radius 1 is 1.12 bits per heavy atom. The van der Waals surface area contributed by atoms with Gasteiger partial charge in [-0.2, -0.15) is 0 Å². The molecule has 1 N–H and O–H groups in total. The summed E-state index contributed by atoms with van der Waals surface area (Å²) in [6.07, 6.45) is 10.2. The molecule has 1 atom stereocenters. The van der Waals surface area contributed by atoms with Crippen molar-refractivity contribution >= 4 is 5.91 Å². The Labute approximate surface area is 158 Å². The van der Waals surface area contributed by atoms with Crippen LogP contribution in [-0.4, -0.2) is 43.1 Å². The Kier molecular flexibility index (Phi) is 7.36. The Morgan fingerprint density at radius 2 is 1.88 bits per heavy atom. The Bertz CT molecular complexity index is 582. The minimum Gasteiger partial charge on any atom is -0.481 e. The fraction of sp³-hybridized carbons (Fsp3) is 0.682. The first-order valence-electron chi connectivity index (χ1n) is 10.5. The van der Waals surface area contributed by atoms with E-state index >= 15 is 0 Å². The van der Waals surface area contributed by atoms with Crippen LogP contribution in [-0.2, 0) is 17.6 Å². The third-order valence-corrected chi connectivity index (χ3v) is 5.66. The van der Waals surface area contributed by atoms with Gasteiger partial charge in [-0.05, 0) is 94.3 Å². The van der Waals surface area contributed by atoms with Crippen LogP contribution < -0.4 is 10.1 Å². The van der Waals surface area contributed by atoms with Crippen molar-refractivity contribution in [3.63, 3.8) is 0 Å². The SMILES string of the molecule is CC[C@@H](Oc1ccc2c(c1)CCCC2)C(=O)NCCCN1CCCCC1. The number of benzene rings is 1. The predicted octanol–water partition coefficient (Wildman–Crippen LogP) is 3.72. The van der Waals surface area contributed by atoms with Gasteiger partial charge in [0.25, 0.3) is 5.91 Å². The van der Waals surface area contributed by atoms with Crippen LogP contribution >= 0.6 is 0 Å².